The van der Waals surface area contributed by atoms with Crippen molar-refractivity contribution in [3.63, 3.8) is 0 Å². The van der Waals surface area contributed by atoms with Crippen LogP contribution >= 0.6 is 12.6 Å². The van der Waals surface area contributed by atoms with Crippen molar-refractivity contribution < 1.29 is 37.1 Å². The predicted octanol–water partition coefficient (Wildman–Crippen LogP) is 4.15. The Hall–Kier alpha value is -4.85. The molecule has 0 fully saturated rings. The largest absolute Gasteiger partial charge is 0.491 e. The third-order valence-electron chi connectivity index (χ3n) is 7.29. The van der Waals surface area contributed by atoms with Gasteiger partial charge in [-0.25, -0.2) is 4.79 Å². The number of alkyl halides is 3. The first-order valence-corrected chi connectivity index (χ1v) is 14.8. The molecule has 3 aromatic rings. The molecule has 0 radical (unpaired) electrons. The van der Waals surface area contributed by atoms with Gasteiger partial charge in [0.1, 0.15) is 6.54 Å². The van der Waals surface area contributed by atoms with Crippen molar-refractivity contribution >= 4 is 48.0 Å². The first kappa shape index (κ1) is 34.0. The Labute approximate surface area is 268 Å². The predicted molar refractivity (Wildman–Crippen MR) is 167 cm³/mol. The molecule has 0 bridgehead atoms. The molecule has 1 aliphatic heterocycles. The quantitative estimate of drug-likeness (QED) is 0.0799. The van der Waals surface area contributed by atoms with Crippen LogP contribution in [0.4, 0.5) is 18.9 Å². The van der Waals surface area contributed by atoms with Crippen LogP contribution in [0.5, 0.6) is 0 Å². The average molecular weight is 656 g/mol. The third-order valence-corrected chi connectivity index (χ3v) is 7.73. The number of nitrogens with one attached hydrogen (secondary N) is 2. The molecule has 0 spiro atoms. The van der Waals surface area contributed by atoms with Crippen LogP contribution < -0.4 is 16.0 Å². The number of hydrogen-bond acceptors (Lipinski definition) is 7. The second kappa shape index (κ2) is 15.0. The van der Waals surface area contributed by atoms with Crippen LogP contribution in [0.25, 0.3) is 0 Å². The van der Waals surface area contributed by atoms with Gasteiger partial charge in [-0.2, -0.15) is 25.8 Å². The van der Waals surface area contributed by atoms with E-state index in [1.807, 2.05) is 30.3 Å². The Kier molecular flexibility index (Phi) is 11.1. The molecular weight excluding hydrogens is 623 g/mol. The zero-order valence-electron chi connectivity index (χ0n) is 24.5. The molecule has 2 amide bonds. The number of thiol groups is 1. The normalized spacial score (nSPS) is 14.6. The van der Waals surface area contributed by atoms with E-state index in [1.54, 1.807) is 48.5 Å². The van der Waals surface area contributed by atoms with Gasteiger partial charge in [-0.05, 0) is 41.7 Å². The Morgan fingerprint density at radius 3 is 2.28 bits per heavy atom. The highest BCUT2D eigenvalue weighted by Crippen LogP contribution is 2.34. The van der Waals surface area contributed by atoms with Gasteiger partial charge in [-0.1, -0.05) is 66.7 Å². The summed E-state index contributed by atoms with van der Waals surface area (Å²) < 4.78 is 42.6. The number of carbonyl (C=O) groups excluding carboxylic acids is 4. The number of fused-ring (bicyclic) bond motifs is 1. The van der Waals surface area contributed by atoms with Crippen molar-refractivity contribution in [2.45, 2.75) is 43.3 Å². The summed E-state index contributed by atoms with van der Waals surface area (Å²) in [6.07, 6.45) is -5.18. The minimum atomic E-state index is -5.40. The van der Waals surface area contributed by atoms with Gasteiger partial charge in [0.15, 0.2) is 5.96 Å². The molecule has 0 aliphatic carbocycles. The lowest BCUT2D eigenvalue weighted by atomic mass is 9.99. The van der Waals surface area contributed by atoms with Gasteiger partial charge in [0.05, 0.1) is 30.3 Å². The summed E-state index contributed by atoms with van der Waals surface area (Å²) in [5.74, 6) is -5.49. The van der Waals surface area contributed by atoms with E-state index in [4.69, 9.17) is 11.1 Å². The van der Waals surface area contributed by atoms with Crippen LogP contribution in [-0.4, -0.2) is 59.1 Å². The highest BCUT2D eigenvalue weighted by molar-refractivity contribution is 7.81. The molecular formula is C32H32F3N5O5S. The number of hydrogen-bond donors (Lipinski definition) is 4. The average Bonchev–Trinajstić information content (AvgIpc) is 3.12. The van der Waals surface area contributed by atoms with Crippen LogP contribution in [0.3, 0.4) is 0 Å². The molecule has 46 heavy (non-hydrogen) atoms. The molecule has 4 N–H and O–H groups in total. The summed E-state index contributed by atoms with van der Waals surface area (Å²) in [6, 6.07) is 21.0. The number of carbonyl (C=O) groups is 4. The molecule has 1 aliphatic rings. The number of halogens is 3. The molecule has 242 valence electrons. The van der Waals surface area contributed by atoms with Crippen molar-refractivity contribution in [1.29, 1.82) is 5.41 Å². The molecule has 10 nitrogen and oxygen atoms in total. The first-order valence-electron chi connectivity index (χ1n) is 14.2. The van der Waals surface area contributed by atoms with Crippen LogP contribution in [0.1, 0.15) is 45.9 Å². The molecule has 14 heteroatoms. The molecule has 2 unspecified atom stereocenters. The number of amides is 2. The van der Waals surface area contributed by atoms with Gasteiger partial charge >= 0.3 is 18.1 Å². The third kappa shape index (κ3) is 8.87. The summed E-state index contributed by atoms with van der Waals surface area (Å²) in [5.41, 5.74) is 7.72. The molecule has 3 aromatic carbocycles. The van der Waals surface area contributed by atoms with E-state index in [9.17, 15) is 32.3 Å². The van der Waals surface area contributed by atoms with Crippen LogP contribution in [0.2, 0.25) is 0 Å². The molecule has 0 saturated carbocycles. The van der Waals surface area contributed by atoms with Gasteiger partial charge < -0.3 is 25.6 Å². The number of benzene rings is 3. The maximum Gasteiger partial charge on any atom is 0.491 e. The number of rotatable bonds is 11. The van der Waals surface area contributed by atoms with Crippen molar-refractivity contribution in [2.75, 3.05) is 18.0 Å². The Morgan fingerprint density at radius 2 is 1.65 bits per heavy atom. The van der Waals surface area contributed by atoms with E-state index in [0.29, 0.717) is 30.6 Å². The molecule has 0 aromatic heterocycles. The number of guanidine groups is 1. The van der Waals surface area contributed by atoms with Gasteiger partial charge in [0, 0.05) is 11.8 Å². The summed E-state index contributed by atoms with van der Waals surface area (Å²) in [5, 5.41) is 9.87. The van der Waals surface area contributed by atoms with Crippen LogP contribution in [0.15, 0.2) is 78.9 Å². The summed E-state index contributed by atoms with van der Waals surface area (Å²) in [7, 11) is 0. The lowest BCUT2D eigenvalue weighted by Crippen LogP contribution is -2.42. The van der Waals surface area contributed by atoms with Gasteiger partial charge in [-0.3, -0.25) is 19.8 Å². The van der Waals surface area contributed by atoms with E-state index in [0.717, 1.165) is 16.0 Å². The van der Waals surface area contributed by atoms with Crippen molar-refractivity contribution in [3.8, 4) is 0 Å². The monoisotopic (exact) mass is 655 g/mol. The fraction of sp³-hybridized carbons (Fsp3) is 0.281. The fourth-order valence-electron chi connectivity index (χ4n) is 5.04. The summed E-state index contributed by atoms with van der Waals surface area (Å²) in [6.45, 7) is -0.0347. The number of esters is 2. The highest BCUT2D eigenvalue weighted by atomic mass is 32.1. The second-order valence-corrected chi connectivity index (χ2v) is 11.4. The minimum absolute atomic E-state index is 0.126. The number of aryl methyl sites for hydroxylation is 1. The zero-order valence-corrected chi connectivity index (χ0v) is 25.4. The van der Waals surface area contributed by atoms with E-state index in [2.05, 4.69) is 22.7 Å². The summed E-state index contributed by atoms with van der Waals surface area (Å²) >= 11 is 4.52. The maximum absolute atomic E-state index is 14.3. The fourth-order valence-corrected chi connectivity index (χ4v) is 5.26. The standard InChI is InChI=1S/C32H32F3N5O5S/c33-32(34,35)30(44)45-28(42)16-26(22-9-5-2-6-10-22)40-19-27(41)39(18-21-7-3-1-4-8-21)25-14-12-20(15-24(25)29(40)43)11-13-23(46)17-38-31(36)37/h1-10,12,14-15,23,26,46H,11,13,16-19H2,(H4,36,37,38). The highest BCUT2D eigenvalue weighted by Gasteiger charge is 2.43. The second-order valence-electron chi connectivity index (χ2n) is 10.6. The number of nitrogens with zero attached hydrogens (tertiary/aromatic N) is 2. The van der Waals surface area contributed by atoms with Crippen molar-refractivity contribution in [2.24, 2.45) is 5.73 Å². The zero-order chi connectivity index (χ0) is 33.4. The van der Waals surface area contributed by atoms with Gasteiger partial charge in [-0.15, -0.1) is 0 Å². The molecule has 4 rings (SSSR count). The topological polar surface area (TPSA) is 146 Å². The molecule has 2 atom stereocenters. The SMILES string of the molecule is N=C(N)NCC(S)CCc1ccc2c(c1)C(=O)N(C(CC(=O)OC(=O)C(F)(F)F)c1ccccc1)CC(=O)N2Cc1ccccc1. The number of nitrogens with two attached hydrogens (primary N) is 1. The number of anilines is 1. The van der Waals surface area contributed by atoms with Crippen molar-refractivity contribution in [3.05, 3.63) is 101 Å². The Morgan fingerprint density at radius 1 is 1.00 bits per heavy atom. The lowest BCUT2D eigenvalue weighted by Gasteiger charge is -2.30. The molecule has 0 saturated heterocycles. The van der Waals surface area contributed by atoms with Crippen LogP contribution in [0, 0.1) is 5.41 Å². The van der Waals surface area contributed by atoms with E-state index in [-0.39, 0.29) is 23.3 Å². The van der Waals surface area contributed by atoms with Crippen molar-refractivity contribution in [1.82, 2.24) is 10.2 Å². The smallest absolute Gasteiger partial charge is 0.386 e. The van der Waals surface area contributed by atoms with Gasteiger partial charge in [0.2, 0.25) is 5.91 Å². The lowest BCUT2D eigenvalue weighted by molar-refractivity contribution is -0.202. The molecule has 1 heterocycles. The summed E-state index contributed by atoms with van der Waals surface area (Å²) in [4.78, 5) is 54.8. The minimum Gasteiger partial charge on any atom is -0.386 e. The number of ether oxygens (including phenoxy) is 1. The van der Waals surface area contributed by atoms with E-state index in [1.165, 1.54) is 4.90 Å². The Balaban J connectivity index is 1.72. The van der Waals surface area contributed by atoms with E-state index < -0.39 is 48.9 Å². The van der Waals surface area contributed by atoms with Crippen LogP contribution in [-0.2, 0) is 32.1 Å². The Bertz CT molecular complexity index is 1590. The van der Waals surface area contributed by atoms with E-state index >= 15 is 0 Å². The maximum atomic E-state index is 14.3. The van der Waals surface area contributed by atoms with Gasteiger partial charge in [0.25, 0.3) is 5.91 Å². The first-order chi connectivity index (χ1) is 21.8.